The highest BCUT2D eigenvalue weighted by Crippen LogP contribution is 2.17. The van der Waals surface area contributed by atoms with Gasteiger partial charge in [0.15, 0.2) is 0 Å². The van der Waals surface area contributed by atoms with E-state index in [1.165, 1.54) is 0 Å². The summed E-state index contributed by atoms with van der Waals surface area (Å²) in [6, 6.07) is 0. The first kappa shape index (κ1) is 7.49. The number of anilines is 1. The van der Waals surface area contributed by atoms with Gasteiger partial charge in [0, 0.05) is 12.5 Å². The van der Waals surface area contributed by atoms with Crippen molar-refractivity contribution in [2.45, 2.75) is 12.3 Å². The molecule has 1 unspecified atom stereocenters. The van der Waals surface area contributed by atoms with Gasteiger partial charge >= 0.3 is 0 Å². The summed E-state index contributed by atoms with van der Waals surface area (Å²) in [6.07, 6.45) is 4.46. The number of nitrogen functional groups attached to an aromatic ring is 1. The van der Waals surface area contributed by atoms with Crippen LogP contribution in [0.2, 0.25) is 0 Å². The van der Waals surface area contributed by atoms with E-state index in [9.17, 15) is 0 Å². The lowest BCUT2D eigenvalue weighted by atomic mass is 10.1. The first-order valence-corrected chi connectivity index (χ1v) is 4.14. The van der Waals surface area contributed by atoms with Crippen LogP contribution in [-0.4, -0.2) is 23.1 Å². The number of nitrogens with one attached hydrogen (secondary N) is 1. The summed E-state index contributed by atoms with van der Waals surface area (Å²) in [5, 5.41) is 3.27. The minimum Gasteiger partial charge on any atom is -0.396 e. The Morgan fingerprint density at radius 1 is 1.42 bits per heavy atom. The first-order chi connectivity index (χ1) is 5.86. The maximum absolute atomic E-state index is 5.48. The van der Waals surface area contributed by atoms with Gasteiger partial charge in [0.1, 0.15) is 5.82 Å². The van der Waals surface area contributed by atoms with Gasteiger partial charge in [-0.1, -0.05) is 0 Å². The molecule has 1 aliphatic rings. The SMILES string of the molecule is Nc1cnc(C2CCNC2)nc1. The van der Waals surface area contributed by atoms with E-state index < -0.39 is 0 Å². The summed E-state index contributed by atoms with van der Waals surface area (Å²) in [4.78, 5) is 8.37. The zero-order valence-electron chi connectivity index (χ0n) is 6.83. The topological polar surface area (TPSA) is 63.8 Å². The monoisotopic (exact) mass is 164 g/mol. The van der Waals surface area contributed by atoms with Crippen molar-refractivity contribution in [1.82, 2.24) is 15.3 Å². The Morgan fingerprint density at radius 3 is 2.75 bits per heavy atom. The quantitative estimate of drug-likeness (QED) is 0.619. The summed E-state index contributed by atoms with van der Waals surface area (Å²) in [6.45, 7) is 2.06. The van der Waals surface area contributed by atoms with Gasteiger partial charge in [-0.15, -0.1) is 0 Å². The third-order valence-corrected chi connectivity index (χ3v) is 2.12. The lowest BCUT2D eigenvalue weighted by Gasteiger charge is -2.05. The van der Waals surface area contributed by atoms with Crippen LogP contribution >= 0.6 is 0 Å². The van der Waals surface area contributed by atoms with Crippen LogP contribution in [0.15, 0.2) is 12.4 Å². The standard InChI is InChI=1S/C8H12N4/c9-7-4-11-8(12-5-7)6-1-2-10-3-6/h4-6,10H,1-3,9H2. The van der Waals surface area contributed by atoms with Crippen molar-refractivity contribution >= 4 is 5.69 Å². The molecule has 1 atom stereocenters. The number of nitrogens with two attached hydrogens (primary N) is 1. The van der Waals surface area contributed by atoms with Crippen molar-refractivity contribution < 1.29 is 0 Å². The fourth-order valence-corrected chi connectivity index (χ4v) is 1.43. The molecule has 4 heteroatoms. The molecule has 2 heterocycles. The minimum atomic E-state index is 0.477. The predicted octanol–water partition coefficient (Wildman–Crippen LogP) is 0.136. The molecule has 1 aromatic heterocycles. The summed E-state index contributed by atoms with van der Waals surface area (Å²) >= 11 is 0. The lowest BCUT2D eigenvalue weighted by Crippen LogP contribution is -2.10. The van der Waals surface area contributed by atoms with Crippen LogP contribution < -0.4 is 11.1 Å². The van der Waals surface area contributed by atoms with E-state index in [1.807, 2.05) is 0 Å². The molecule has 0 saturated carbocycles. The van der Waals surface area contributed by atoms with Gasteiger partial charge in [-0.25, -0.2) is 9.97 Å². The summed E-state index contributed by atoms with van der Waals surface area (Å²) in [5.41, 5.74) is 6.11. The van der Waals surface area contributed by atoms with Crippen LogP contribution in [0.25, 0.3) is 0 Å². The van der Waals surface area contributed by atoms with Crippen LogP contribution in [0.3, 0.4) is 0 Å². The summed E-state index contributed by atoms with van der Waals surface area (Å²) in [5.74, 6) is 1.39. The molecule has 1 saturated heterocycles. The Morgan fingerprint density at radius 2 is 2.17 bits per heavy atom. The van der Waals surface area contributed by atoms with E-state index in [0.717, 1.165) is 25.3 Å². The number of rotatable bonds is 1. The average molecular weight is 164 g/mol. The number of hydrogen-bond donors (Lipinski definition) is 2. The number of hydrogen-bond acceptors (Lipinski definition) is 4. The van der Waals surface area contributed by atoms with E-state index in [2.05, 4.69) is 15.3 Å². The highest BCUT2D eigenvalue weighted by Gasteiger charge is 2.18. The van der Waals surface area contributed by atoms with Crippen LogP contribution in [0.5, 0.6) is 0 Å². The zero-order valence-corrected chi connectivity index (χ0v) is 6.83. The average Bonchev–Trinajstić information content (AvgIpc) is 2.58. The Kier molecular flexibility index (Phi) is 1.91. The van der Waals surface area contributed by atoms with E-state index >= 15 is 0 Å². The fourth-order valence-electron chi connectivity index (χ4n) is 1.43. The van der Waals surface area contributed by atoms with Gasteiger partial charge in [0.25, 0.3) is 0 Å². The molecule has 1 fully saturated rings. The van der Waals surface area contributed by atoms with Gasteiger partial charge in [0.05, 0.1) is 18.1 Å². The second-order valence-electron chi connectivity index (χ2n) is 3.06. The second kappa shape index (κ2) is 3.06. The van der Waals surface area contributed by atoms with Gasteiger partial charge in [0.2, 0.25) is 0 Å². The third-order valence-electron chi connectivity index (χ3n) is 2.12. The Balaban J connectivity index is 2.17. The molecule has 2 rings (SSSR count). The van der Waals surface area contributed by atoms with Gasteiger partial charge < -0.3 is 11.1 Å². The zero-order chi connectivity index (χ0) is 8.39. The smallest absolute Gasteiger partial charge is 0.132 e. The summed E-state index contributed by atoms with van der Waals surface area (Å²) < 4.78 is 0. The Hall–Kier alpha value is -1.16. The molecule has 0 aliphatic carbocycles. The third kappa shape index (κ3) is 1.38. The molecular weight excluding hydrogens is 152 g/mol. The highest BCUT2D eigenvalue weighted by atomic mass is 15.0. The molecule has 0 spiro atoms. The molecule has 3 N–H and O–H groups in total. The van der Waals surface area contributed by atoms with Gasteiger partial charge in [-0.05, 0) is 13.0 Å². The van der Waals surface area contributed by atoms with E-state index in [-0.39, 0.29) is 0 Å². The normalized spacial score (nSPS) is 22.8. The number of aromatic nitrogens is 2. The van der Waals surface area contributed by atoms with Crippen molar-refractivity contribution in [1.29, 1.82) is 0 Å². The molecule has 4 nitrogen and oxygen atoms in total. The Labute approximate surface area is 71.2 Å². The second-order valence-corrected chi connectivity index (χ2v) is 3.06. The first-order valence-electron chi connectivity index (χ1n) is 4.14. The molecular formula is C8H12N4. The number of nitrogens with zero attached hydrogens (tertiary/aromatic N) is 2. The molecule has 1 aromatic rings. The predicted molar refractivity (Wildman–Crippen MR) is 46.7 cm³/mol. The van der Waals surface area contributed by atoms with Crippen LogP contribution in [-0.2, 0) is 0 Å². The molecule has 0 bridgehead atoms. The largest absolute Gasteiger partial charge is 0.396 e. The molecule has 0 amide bonds. The molecule has 0 radical (unpaired) electrons. The van der Waals surface area contributed by atoms with Crippen molar-refractivity contribution in [2.24, 2.45) is 0 Å². The van der Waals surface area contributed by atoms with Crippen molar-refractivity contribution in [3.05, 3.63) is 18.2 Å². The van der Waals surface area contributed by atoms with E-state index in [0.29, 0.717) is 11.6 Å². The van der Waals surface area contributed by atoms with Gasteiger partial charge in [-0.3, -0.25) is 0 Å². The highest BCUT2D eigenvalue weighted by molar-refractivity contribution is 5.30. The lowest BCUT2D eigenvalue weighted by molar-refractivity contribution is 0.702. The minimum absolute atomic E-state index is 0.477. The maximum Gasteiger partial charge on any atom is 0.132 e. The van der Waals surface area contributed by atoms with Crippen molar-refractivity contribution in [3.8, 4) is 0 Å². The van der Waals surface area contributed by atoms with Crippen LogP contribution in [0.1, 0.15) is 18.2 Å². The van der Waals surface area contributed by atoms with Crippen LogP contribution in [0.4, 0.5) is 5.69 Å². The molecule has 12 heavy (non-hydrogen) atoms. The van der Waals surface area contributed by atoms with E-state index in [4.69, 9.17) is 5.73 Å². The Bertz CT molecular complexity index is 250. The van der Waals surface area contributed by atoms with Crippen molar-refractivity contribution in [3.63, 3.8) is 0 Å². The fraction of sp³-hybridized carbons (Fsp3) is 0.500. The van der Waals surface area contributed by atoms with E-state index in [1.54, 1.807) is 12.4 Å². The molecule has 1 aliphatic heterocycles. The molecule has 0 aromatic carbocycles. The van der Waals surface area contributed by atoms with Gasteiger partial charge in [-0.2, -0.15) is 0 Å². The summed E-state index contributed by atoms with van der Waals surface area (Å²) in [7, 11) is 0. The van der Waals surface area contributed by atoms with Crippen molar-refractivity contribution in [2.75, 3.05) is 18.8 Å². The molecule has 64 valence electrons. The maximum atomic E-state index is 5.48. The van der Waals surface area contributed by atoms with Crippen LogP contribution in [0, 0.1) is 0 Å².